The van der Waals surface area contributed by atoms with Crippen molar-refractivity contribution in [3.8, 4) is 0 Å². The summed E-state index contributed by atoms with van der Waals surface area (Å²) < 4.78 is 32.6. The molecule has 3 aromatic carbocycles. The monoisotopic (exact) mass is 564 g/mol. The Balaban J connectivity index is 1.39. The first-order valence-electron chi connectivity index (χ1n) is 13.6. The van der Waals surface area contributed by atoms with Crippen molar-refractivity contribution in [2.24, 2.45) is 0 Å². The lowest BCUT2D eigenvalue weighted by Crippen LogP contribution is -2.44. The Bertz CT molecular complexity index is 1500. The molecule has 0 radical (unpaired) electrons. The van der Waals surface area contributed by atoms with E-state index in [0.29, 0.717) is 40.9 Å². The van der Waals surface area contributed by atoms with Gasteiger partial charge in [-0.1, -0.05) is 6.07 Å². The highest BCUT2D eigenvalue weighted by Gasteiger charge is 2.20. The molecule has 0 bridgehead atoms. The fraction of sp³-hybridized carbons (Fsp3) is 0.333. The Hall–Kier alpha value is -4.06. The number of piperazine rings is 1. The maximum absolute atomic E-state index is 13.7. The number of aromatic nitrogens is 2. The van der Waals surface area contributed by atoms with E-state index < -0.39 is 17.7 Å². The van der Waals surface area contributed by atoms with E-state index in [4.69, 9.17) is 4.74 Å². The highest BCUT2D eigenvalue weighted by Crippen LogP contribution is 2.30. The van der Waals surface area contributed by atoms with Crippen molar-refractivity contribution in [2.75, 3.05) is 69.0 Å². The van der Waals surface area contributed by atoms with Crippen LogP contribution in [-0.4, -0.2) is 79.6 Å². The molecule has 1 aliphatic rings. The van der Waals surface area contributed by atoms with Crippen LogP contribution in [0.3, 0.4) is 0 Å². The lowest BCUT2D eigenvalue weighted by molar-refractivity contribution is 0.102. The van der Waals surface area contributed by atoms with E-state index >= 15 is 0 Å². The average molecular weight is 565 g/mol. The molecular weight excluding hydrogens is 530 g/mol. The van der Waals surface area contributed by atoms with Crippen LogP contribution >= 0.6 is 0 Å². The SMILES string of the molecule is COCCCNc1cc(N2CCN(C)CC2)ccc1C(=O)Nc1n[nH]c2ccc(C(O)c3cc(F)cc(F)c3)cc12. The molecule has 9 nitrogen and oxygen atoms in total. The normalized spacial score (nSPS) is 14.8. The van der Waals surface area contributed by atoms with Crippen LogP contribution in [0.1, 0.15) is 34.0 Å². The maximum Gasteiger partial charge on any atom is 0.258 e. The van der Waals surface area contributed by atoms with Gasteiger partial charge in [-0.3, -0.25) is 9.89 Å². The van der Waals surface area contributed by atoms with Gasteiger partial charge in [0.05, 0.1) is 11.1 Å². The largest absolute Gasteiger partial charge is 0.385 e. The number of hydrogen-bond donors (Lipinski definition) is 4. The molecule has 0 spiro atoms. The zero-order valence-electron chi connectivity index (χ0n) is 23.1. The number of fused-ring (bicyclic) bond motifs is 1. The summed E-state index contributed by atoms with van der Waals surface area (Å²) in [5, 5.41) is 24.8. The Morgan fingerprint density at radius 1 is 1.05 bits per heavy atom. The number of rotatable bonds is 10. The number of likely N-dealkylation sites (N-methyl/N-ethyl adjacent to an activating group) is 1. The first-order valence-corrected chi connectivity index (χ1v) is 13.6. The summed E-state index contributed by atoms with van der Waals surface area (Å²) >= 11 is 0. The number of H-pyrrole nitrogens is 1. The molecule has 216 valence electrons. The van der Waals surface area contributed by atoms with Crippen molar-refractivity contribution in [1.82, 2.24) is 15.1 Å². The molecule has 5 rings (SSSR count). The van der Waals surface area contributed by atoms with Crippen molar-refractivity contribution in [2.45, 2.75) is 12.5 Å². The average Bonchev–Trinajstić information content (AvgIpc) is 3.36. The zero-order chi connectivity index (χ0) is 28.9. The molecule has 4 aromatic rings. The summed E-state index contributed by atoms with van der Waals surface area (Å²) in [5.74, 6) is -1.63. The lowest BCUT2D eigenvalue weighted by atomic mass is 10.00. The molecule has 1 amide bonds. The number of hydrogen-bond acceptors (Lipinski definition) is 7. The Morgan fingerprint density at radius 2 is 1.80 bits per heavy atom. The summed E-state index contributed by atoms with van der Waals surface area (Å²) in [7, 11) is 3.76. The number of carbonyl (C=O) groups excluding carboxylic acids is 1. The van der Waals surface area contributed by atoms with E-state index in [9.17, 15) is 18.7 Å². The van der Waals surface area contributed by atoms with Gasteiger partial charge in [0.25, 0.3) is 5.91 Å². The minimum Gasteiger partial charge on any atom is -0.385 e. The van der Waals surface area contributed by atoms with Crippen LogP contribution in [0.25, 0.3) is 10.9 Å². The van der Waals surface area contributed by atoms with Crippen LogP contribution < -0.4 is 15.5 Å². The Morgan fingerprint density at radius 3 is 2.54 bits per heavy atom. The number of nitrogens with zero attached hydrogens (tertiary/aromatic N) is 3. The molecule has 4 N–H and O–H groups in total. The van der Waals surface area contributed by atoms with E-state index in [-0.39, 0.29) is 17.3 Å². The van der Waals surface area contributed by atoms with E-state index in [1.807, 2.05) is 18.2 Å². The van der Waals surface area contributed by atoms with Crippen molar-refractivity contribution in [3.63, 3.8) is 0 Å². The van der Waals surface area contributed by atoms with Gasteiger partial charge in [0.15, 0.2) is 5.82 Å². The minimum atomic E-state index is -1.27. The molecule has 11 heteroatoms. The van der Waals surface area contributed by atoms with Crippen LogP contribution in [0, 0.1) is 11.6 Å². The number of aliphatic hydroxyl groups is 1. The quantitative estimate of drug-likeness (QED) is 0.212. The number of carbonyl (C=O) groups is 1. The number of amides is 1. The predicted octanol–water partition coefficient (Wildman–Crippen LogP) is 4.38. The Labute approximate surface area is 237 Å². The number of aliphatic hydroxyl groups excluding tert-OH is 1. The summed E-state index contributed by atoms with van der Waals surface area (Å²) in [6.45, 7) is 4.98. The highest BCUT2D eigenvalue weighted by molar-refractivity contribution is 6.11. The molecule has 41 heavy (non-hydrogen) atoms. The molecule has 1 unspecified atom stereocenters. The standard InChI is InChI=1S/C30H34F2N6O3/c1-37-9-11-38(12-10-37)23-5-6-24(27(18-23)33-8-3-13-41-2)30(40)34-29-25-16-19(4-7-26(25)35-36-29)28(39)20-14-21(31)17-22(32)15-20/h4-7,14-18,28,33,39H,3,8-13H2,1-2H3,(H2,34,35,36,40). The molecule has 1 saturated heterocycles. The number of aromatic amines is 1. The summed E-state index contributed by atoms with van der Waals surface area (Å²) in [6.07, 6.45) is -0.492. The van der Waals surface area contributed by atoms with Crippen LogP contribution in [0.2, 0.25) is 0 Å². The van der Waals surface area contributed by atoms with Gasteiger partial charge in [-0.25, -0.2) is 8.78 Å². The van der Waals surface area contributed by atoms with E-state index in [2.05, 4.69) is 37.7 Å². The van der Waals surface area contributed by atoms with Gasteiger partial charge >= 0.3 is 0 Å². The second-order valence-corrected chi connectivity index (χ2v) is 10.2. The molecule has 1 aliphatic heterocycles. The number of ether oxygens (including phenoxy) is 1. The molecular formula is C30H34F2N6O3. The van der Waals surface area contributed by atoms with E-state index in [1.54, 1.807) is 25.3 Å². The predicted molar refractivity (Wildman–Crippen MR) is 156 cm³/mol. The van der Waals surface area contributed by atoms with E-state index in [1.165, 1.54) is 0 Å². The Kier molecular flexibility index (Phi) is 8.77. The van der Waals surface area contributed by atoms with Crippen molar-refractivity contribution >= 4 is 34.0 Å². The first kappa shape index (κ1) is 28.5. The molecule has 1 fully saturated rings. The van der Waals surface area contributed by atoms with E-state index in [0.717, 1.165) is 56.5 Å². The second kappa shape index (κ2) is 12.6. The molecule has 0 saturated carbocycles. The smallest absolute Gasteiger partial charge is 0.258 e. The number of benzene rings is 3. The van der Waals surface area contributed by atoms with Crippen molar-refractivity contribution < 1.29 is 23.4 Å². The third kappa shape index (κ3) is 6.64. The summed E-state index contributed by atoms with van der Waals surface area (Å²) in [4.78, 5) is 18.1. The zero-order valence-corrected chi connectivity index (χ0v) is 23.1. The summed E-state index contributed by atoms with van der Waals surface area (Å²) in [6, 6.07) is 13.7. The number of methoxy groups -OCH3 is 1. The minimum absolute atomic E-state index is 0.0839. The fourth-order valence-corrected chi connectivity index (χ4v) is 4.97. The van der Waals surface area contributed by atoms with Gasteiger partial charge in [-0.2, -0.15) is 5.10 Å². The summed E-state index contributed by atoms with van der Waals surface area (Å²) in [5.41, 5.74) is 3.32. The van der Waals surface area contributed by atoms with Gasteiger partial charge in [-0.05, 0) is 67.1 Å². The number of anilines is 3. The molecule has 1 aromatic heterocycles. The van der Waals surface area contributed by atoms with Crippen LogP contribution in [-0.2, 0) is 4.74 Å². The molecule has 2 heterocycles. The van der Waals surface area contributed by atoms with Gasteiger partial charge in [-0.15, -0.1) is 0 Å². The van der Waals surface area contributed by atoms with Crippen LogP contribution in [0.15, 0.2) is 54.6 Å². The van der Waals surface area contributed by atoms with Gasteiger partial charge in [0, 0.05) is 69.3 Å². The fourth-order valence-electron chi connectivity index (χ4n) is 4.97. The second-order valence-electron chi connectivity index (χ2n) is 10.2. The van der Waals surface area contributed by atoms with Gasteiger partial charge in [0.2, 0.25) is 0 Å². The third-order valence-electron chi connectivity index (χ3n) is 7.29. The molecule has 1 atom stereocenters. The van der Waals surface area contributed by atoms with Crippen LogP contribution in [0.4, 0.5) is 26.0 Å². The van der Waals surface area contributed by atoms with Crippen LogP contribution in [0.5, 0.6) is 0 Å². The number of halogens is 2. The van der Waals surface area contributed by atoms with Gasteiger partial charge in [0.1, 0.15) is 17.7 Å². The first-order chi connectivity index (χ1) is 19.8. The van der Waals surface area contributed by atoms with Gasteiger partial charge < -0.3 is 30.3 Å². The lowest BCUT2D eigenvalue weighted by Gasteiger charge is -2.34. The maximum atomic E-state index is 13.7. The topological polar surface area (TPSA) is 106 Å². The van der Waals surface area contributed by atoms with Crippen molar-refractivity contribution in [3.05, 3.63) is 82.9 Å². The van der Waals surface area contributed by atoms with Crippen molar-refractivity contribution in [1.29, 1.82) is 0 Å². The highest BCUT2D eigenvalue weighted by atomic mass is 19.1. The molecule has 0 aliphatic carbocycles. The number of nitrogens with one attached hydrogen (secondary N) is 3. The third-order valence-corrected chi connectivity index (χ3v) is 7.29.